The van der Waals surface area contributed by atoms with Crippen molar-refractivity contribution in [3.63, 3.8) is 0 Å². The second-order valence-corrected chi connectivity index (χ2v) is 4.19. The summed E-state index contributed by atoms with van der Waals surface area (Å²) in [5.41, 5.74) is 0.443. The van der Waals surface area contributed by atoms with E-state index in [-0.39, 0.29) is 0 Å². The molecule has 1 rings (SSSR count). The van der Waals surface area contributed by atoms with Crippen molar-refractivity contribution in [3.05, 3.63) is 24.3 Å². The van der Waals surface area contributed by atoms with Gasteiger partial charge in [0.15, 0.2) is 0 Å². The SMILES string of the molecule is CCC1(C)C=CC(C)C=CCC1. The van der Waals surface area contributed by atoms with Gasteiger partial charge in [-0.3, -0.25) is 0 Å². The molecule has 0 amide bonds. The van der Waals surface area contributed by atoms with E-state index in [0.717, 1.165) is 0 Å². The quantitative estimate of drug-likeness (QED) is 0.515. The Labute approximate surface area is 76.4 Å². The normalized spacial score (nSPS) is 36.1. The van der Waals surface area contributed by atoms with Gasteiger partial charge in [0, 0.05) is 0 Å². The second kappa shape index (κ2) is 3.93. The molecule has 0 aromatic carbocycles. The minimum atomic E-state index is 0.443. The summed E-state index contributed by atoms with van der Waals surface area (Å²) in [4.78, 5) is 0. The maximum Gasteiger partial charge on any atom is -0.00817 e. The standard InChI is InChI=1S/C12H20/c1-4-12(3)9-6-5-7-11(2)8-10-12/h5,7-8,10-11H,4,6,9H2,1-3H3. The zero-order chi connectivity index (χ0) is 9.03. The van der Waals surface area contributed by atoms with Gasteiger partial charge in [0.25, 0.3) is 0 Å². The maximum absolute atomic E-state index is 2.40. The zero-order valence-electron chi connectivity index (χ0n) is 8.51. The molecule has 0 aromatic heterocycles. The molecular formula is C12H20. The van der Waals surface area contributed by atoms with Crippen LogP contribution in [0.5, 0.6) is 0 Å². The van der Waals surface area contributed by atoms with Crippen molar-refractivity contribution >= 4 is 0 Å². The molecular weight excluding hydrogens is 144 g/mol. The summed E-state index contributed by atoms with van der Waals surface area (Å²) in [7, 11) is 0. The third-order valence-corrected chi connectivity index (χ3v) is 2.93. The van der Waals surface area contributed by atoms with Gasteiger partial charge in [0.2, 0.25) is 0 Å². The molecule has 0 nitrogen and oxygen atoms in total. The van der Waals surface area contributed by atoms with Gasteiger partial charge in [-0.05, 0) is 30.6 Å². The Morgan fingerprint density at radius 3 is 2.83 bits per heavy atom. The Balaban J connectivity index is 2.69. The molecule has 0 saturated heterocycles. The number of rotatable bonds is 1. The first kappa shape index (κ1) is 9.57. The lowest BCUT2D eigenvalue weighted by atomic mass is 9.80. The van der Waals surface area contributed by atoms with Crippen LogP contribution in [-0.4, -0.2) is 0 Å². The van der Waals surface area contributed by atoms with Crippen LogP contribution < -0.4 is 0 Å². The Bertz CT molecular complexity index is 188. The molecule has 1 aliphatic rings. The molecule has 0 heterocycles. The molecule has 0 spiro atoms. The molecule has 2 unspecified atom stereocenters. The average Bonchev–Trinajstić information content (AvgIpc) is 2.07. The van der Waals surface area contributed by atoms with Crippen LogP contribution in [0.25, 0.3) is 0 Å². The first-order valence-corrected chi connectivity index (χ1v) is 5.02. The topological polar surface area (TPSA) is 0 Å². The van der Waals surface area contributed by atoms with Gasteiger partial charge in [-0.25, -0.2) is 0 Å². The first-order valence-electron chi connectivity index (χ1n) is 5.02. The van der Waals surface area contributed by atoms with E-state index < -0.39 is 0 Å². The summed E-state index contributed by atoms with van der Waals surface area (Å²) in [6, 6.07) is 0. The van der Waals surface area contributed by atoms with Crippen LogP contribution in [0.3, 0.4) is 0 Å². The van der Waals surface area contributed by atoms with Crippen molar-refractivity contribution in [1.82, 2.24) is 0 Å². The maximum atomic E-state index is 2.40. The van der Waals surface area contributed by atoms with Crippen molar-refractivity contribution in [3.8, 4) is 0 Å². The molecule has 0 aliphatic heterocycles. The summed E-state index contributed by atoms with van der Waals surface area (Å²) in [6.07, 6.45) is 13.1. The van der Waals surface area contributed by atoms with Gasteiger partial charge in [-0.15, -0.1) is 0 Å². The van der Waals surface area contributed by atoms with Crippen LogP contribution in [0.2, 0.25) is 0 Å². The van der Waals surface area contributed by atoms with Crippen LogP contribution in [0.1, 0.15) is 40.0 Å². The summed E-state index contributed by atoms with van der Waals surface area (Å²) >= 11 is 0. The van der Waals surface area contributed by atoms with Crippen molar-refractivity contribution in [2.24, 2.45) is 11.3 Å². The minimum Gasteiger partial charge on any atom is -0.0879 e. The van der Waals surface area contributed by atoms with E-state index in [0.29, 0.717) is 11.3 Å². The van der Waals surface area contributed by atoms with Crippen molar-refractivity contribution in [2.45, 2.75) is 40.0 Å². The van der Waals surface area contributed by atoms with Gasteiger partial charge in [0.05, 0.1) is 0 Å². The molecule has 1 aliphatic carbocycles. The number of hydrogen-bond acceptors (Lipinski definition) is 0. The average molecular weight is 164 g/mol. The monoisotopic (exact) mass is 164 g/mol. The number of allylic oxidation sites excluding steroid dienone is 4. The fourth-order valence-electron chi connectivity index (χ4n) is 1.55. The highest BCUT2D eigenvalue weighted by Crippen LogP contribution is 2.31. The van der Waals surface area contributed by atoms with Gasteiger partial charge in [-0.1, -0.05) is 45.1 Å². The molecule has 0 fully saturated rings. The van der Waals surface area contributed by atoms with E-state index in [1.165, 1.54) is 19.3 Å². The molecule has 2 atom stereocenters. The Hall–Kier alpha value is -0.520. The first-order chi connectivity index (χ1) is 5.66. The van der Waals surface area contributed by atoms with Crippen molar-refractivity contribution in [2.75, 3.05) is 0 Å². The summed E-state index contributed by atoms with van der Waals surface area (Å²) in [6.45, 7) is 6.88. The van der Waals surface area contributed by atoms with Crippen LogP contribution in [0, 0.1) is 11.3 Å². The third-order valence-electron chi connectivity index (χ3n) is 2.93. The molecule has 0 aromatic rings. The third kappa shape index (κ3) is 2.51. The van der Waals surface area contributed by atoms with E-state index in [2.05, 4.69) is 45.1 Å². The lowest BCUT2D eigenvalue weighted by Gasteiger charge is -2.25. The van der Waals surface area contributed by atoms with Crippen LogP contribution >= 0.6 is 0 Å². The summed E-state index contributed by atoms with van der Waals surface area (Å²) < 4.78 is 0. The minimum absolute atomic E-state index is 0.443. The number of hydrogen-bond donors (Lipinski definition) is 0. The van der Waals surface area contributed by atoms with Crippen LogP contribution in [-0.2, 0) is 0 Å². The zero-order valence-corrected chi connectivity index (χ0v) is 8.51. The highest BCUT2D eigenvalue weighted by Gasteiger charge is 2.18. The molecule has 0 heteroatoms. The predicted molar refractivity (Wildman–Crippen MR) is 55.1 cm³/mol. The lowest BCUT2D eigenvalue weighted by molar-refractivity contribution is 0.377. The van der Waals surface area contributed by atoms with Gasteiger partial charge in [0.1, 0.15) is 0 Å². The van der Waals surface area contributed by atoms with Crippen LogP contribution in [0.15, 0.2) is 24.3 Å². The van der Waals surface area contributed by atoms with E-state index in [9.17, 15) is 0 Å². The van der Waals surface area contributed by atoms with Crippen LogP contribution in [0.4, 0.5) is 0 Å². The van der Waals surface area contributed by atoms with E-state index in [1.54, 1.807) is 0 Å². The summed E-state index contributed by atoms with van der Waals surface area (Å²) in [5, 5.41) is 0. The smallest absolute Gasteiger partial charge is 0.00817 e. The predicted octanol–water partition coefficient (Wildman–Crippen LogP) is 3.95. The molecule has 68 valence electrons. The Kier molecular flexibility index (Phi) is 3.13. The largest absolute Gasteiger partial charge is 0.0879 e. The molecule has 0 saturated carbocycles. The van der Waals surface area contributed by atoms with E-state index in [4.69, 9.17) is 0 Å². The molecule has 0 radical (unpaired) electrons. The highest BCUT2D eigenvalue weighted by molar-refractivity contribution is 5.07. The Morgan fingerprint density at radius 2 is 2.17 bits per heavy atom. The van der Waals surface area contributed by atoms with Gasteiger partial charge >= 0.3 is 0 Å². The second-order valence-electron chi connectivity index (χ2n) is 4.19. The van der Waals surface area contributed by atoms with Gasteiger partial charge in [-0.2, -0.15) is 0 Å². The van der Waals surface area contributed by atoms with Gasteiger partial charge < -0.3 is 0 Å². The fraction of sp³-hybridized carbons (Fsp3) is 0.667. The molecule has 0 bridgehead atoms. The van der Waals surface area contributed by atoms with E-state index >= 15 is 0 Å². The fourth-order valence-corrected chi connectivity index (χ4v) is 1.55. The van der Waals surface area contributed by atoms with Crippen molar-refractivity contribution < 1.29 is 0 Å². The highest BCUT2D eigenvalue weighted by atomic mass is 14.2. The molecule has 12 heavy (non-hydrogen) atoms. The summed E-state index contributed by atoms with van der Waals surface area (Å²) in [5.74, 6) is 0.621. The van der Waals surface area contributed by atoms with E-state index in [1.807, 2.05) is 0 Å². The molecule has 0 N–H and O–H groups in total. The Morgan fingerprint density at radius 1 is 1.42 bits per heavy atom. The lowest BCUT2D eigenvalue weighted by Crippen LogP contribution is -2.12. The van der Waals surface area contributed by atoms with Crippen molar-refractivity contribution in [1.29, 1.82) is 0 Å².